The van der Waals surface area contributed by atoms with Crippen LogP contribution in [-0.4, -0.2) is 12.1 Å². The van der Waals surface area contributed by atoms with E-state index < -0.39 is 0 Å². The predicted octanol–water partition coefficient (Wildman–Crippen LogP) is 2.84. The highest BCUT2D eigenvalue weighted by molar-refractivity contribution is 4.99. The molecule has 0 aromatic carbocycles. The van der Waals surface area contributed by atoms with Crippen LogP contribution in [0.25, 0.3) is 0 Å². The molecule has 0 atom stereocenters. The van der Waals surface area contributed by atoms with Crippen molar-refractivity contribution >= 4 is 0 Å². The molecule has 0 aromatic rings. The Balaban J connectivity index is 0.000000200. The Kier molecular flexibility index (Phi) is 5.99. The highest BCUT2D eigenvalue weighted by Crippen LogP contribution is 2.34. The summed E-state index contributed by atoms with van der Waals surface area (Å²) < 4.78 is 0. The van der Waals surface area contributed by atoms with E-state index in [2.05, 4.69) is 12.1 Å². The first kappa shape index (κ1) is 17.0. The molecule has 0 bridgehead atoms. The van der Waals surface area contributed by atoms with Gasteiger partial charge in [-0.25, -0.2) is 0 Å². The number of nitriles is 2. The van der Waals surface area contributed by atoms with Crippen molar-refractivity contribution in [2.45, 2.75) is 77.3 Å². The molecule has 0 radical (unpaired) electrons. The van der Waals surface area contributed by atoms with Gasteiger partial charge in [-0.05, 0) is 65.2 Å². The second-order valence-corrected chi connectivity index (χ2v) is 7.02. The molecule has 4 heteroatoms. The van der Waals surface area contributed by atoms with Gasteiger partial charge in [-0.3, -0.25) is 0 Å². The first-order valence-corrected chi connectivity index (χ1v) is 7.66. The van der Waals surface area contributed by atoms with Crippen LogP contribution in [0.3, 0.4) is 0 Å². The molecule has 4 N–H and O–H groups in total. The molecule has 2 fully saturated rings. The van der Waals surface area contributed by atoms with Gasteiger partial charge < -0.3 is 11.5 Å². The van der Waals surface area contributed by atoms with Gasteiger partial charge in [-0.2, -0.15) is 10.5 Å². The summed E-state index contributed by atoms with van der Waals surface area (Å²) in [5.41, 5.74) is 11.3. The number of nitrogens with zero attached hydrogens (tertiary/aromatic N) is 2. The van der Waals surface area contributed by atoms with Gasteiger partial charge in [0.15, 0.2) is 0 Å². The largest absolute Gasteiger partial charge is 0.328 e. The Morgan fingerprint density at radius 1 is 0.750 bits per heavy atom. The third-order valence-corrected chi connectivity index (χ3v) is 4.81. The second kappa shape index (κ2) is 7.07. The van der Waals surface area contributed by atoms with E-state index in [0.29, 0.717) is 12.1 Å². The molecule has 2 saturated carbocycles. The first-order chi connectivity index (χ1) is 9.32. The molecule has 0 aromatic heterocycles. The summed E-state index contributed by atoms with van der Waals surface area (Å²) in [5, 5.41) is 17.5. The predicted molar refractivity (Wildman–Crippen MR) is 80.3 cm³/mol. The normalized spacial score (nSPS) is 40.7. The average Bonchev–Trinajstić information content (AvgIpc) is 2.47. The second-order valence-electron chi connectivity index (χ2n) is 7.02. The minimum Gasteiger partial charge on any atom is -0.328 e. The van der Waals surface area contributed by atoms with Gasteiger partial charge in [0.1, 0.15) is 0 Å². The molecule has 2 rings (SSSR count). The van der Waals surface area contributed by atoms with Crippen molar-refractivity contribution in [1.82, 2.24) is 0 Å². The number of hydrogen-bond acceptors (Lipinski definition) is 4. The van der Waals surface area contributed by atoms with E-state index in [0.717, 1.165) is 51.4 Å². The fourth-order valence-corrected chi connectivity index (χ4v) is 2.78. The highest BCUT2D eigenvalue weighted by atomic mass is 14.6. The lowest BCUT2D eigenvalue weighted by Gasteiger charge is -2.29. The monoisotopic (exact) mass is 276 g/mol. The molecule has 0 aliphatic heterocycles. The zero-order chi connectivity index (χ0) is 15.2. The van der Waals surface area contributed by atoms with Crippen molar-refractivity contribution < 1.29 is 0 Å². The van der Waals surface area contributed by atoms with Crippen molar-refractivity contribution in [2.75, 3.05) is 0 Å². The van der Waals surface area contributed by atoms with Gasteiger partial charge in [-0.1, -0.05) is 0 Å². The Labute approximate surface area is 123 Å². The molecule has 0 heterocycles. The Morgan fingerprint density at radius 2 is 1.00 bits per heavy atom. The molecule has 4 nitrogen and oxygen atoms in total. The maximum absolute atomic E-state index is 8.75. The van der Waals surface area contributed by atoms with E-state index >= 15 is 0 Å². The molecule has 20 heavy (non-hydrogen) atoms. The maximum atomic E-state index is 8.75. The molecule has 2 aliphatic rings. The van der Waals surface area contributed by atoms with Crippen LogP contribution in [0, 0.1) is 33.5 Å². The van der Waals surface area contributed by atoms with Gasteiger partial charge in [0.05, 0.1) is 23.0 Å². The van der Waals surface area contributed by atoms with E-state index in [1.54, 1.807) is 0 Å². The summed E-state index contributed by atoms with van der Waals surface area (Å²) in [5.74, 6) is 0. The molecule has 0 amide bonds. The topological polar surface area (TPSA) is 99.6 Å². The number of nitrogens with two attached hydrogens (primary N) is 2. The van der Waals surface area contributed by atoms with Crippen LogP contribution in [0.5, 0.6) is 0 Å². The smallest absolute Gasteiger partial charge is 0.0686 e. The van der Waals surface area contributed by atoms with Gasteiger partial charge in [-0.15, -0.1) is 0 Å². The standard InChI is InChI=1S/2C8H14N2/c2*1-8(6-9)4-2-7(10)3-5-8/h2*7H,2-5,10H2,1H3. The highest BCUT2D eigenvalue weighted by Gasteiger charge is 2.29. The molecule has 0 spiro atoms. The van der Waals surface area contributed by atoms with E-state index in [-0.39, 0.29) is 10.8 Å². The number of hydrogen-bond donors (Lipinski definition) is 2. The van der Waals surface area contributed by atoms with Crippen molar-refractivity contribution in [3.05, 3.63) is 0 Å². The lowest BCUT2D eigenvalue weighted by molar-refractivity contribution is 0.271. The van der Waals surface area contributed by atoms with Crippen LogP contribution < -0.4 is 11.5 Å². The minimum atomic E-state index is -0.0735. The van der Waals surface area contributed by atoms with Gasteiger partial charge in [0.2, 0.25) is 0 Å². The van der Waals surface area contributed by atoms with Gasteiger partial charge in [0, 0.05) is 12.1 Å². The minimum absolute atomic E-state index is 0.0735. The maximum Gasteiger partial charge on any atom is 0.0686 e. The summed E-state index contributed by atoms with van der Waals surface area (Å²) >= 11 is 0. The van der Waals surface area contributed by atoms with Crippen molar-refractivity contribution in [3.63, 3.8) is 0 Å². The Bertz CT molecular complexity index is 336. The van der Waals surface area contributed by atoms with Gasteiger partial charge >= 0.3 is 0 Å². The number of rotatable bonds is 0. The van der Waals surface area contributed by atoms with E-state index in [4.69, 9.17) is 22.0 Å². The van der Waals surface area contributed by atoms with E-state index in [9.17, 15) is 0 Å². The van der Waals surface area contributed by atoms with E-state index in [1.165, 1.54) is 0 Å². The molecular formula is C16H28N4. The van der Waals surface area contributed by atoms with Crippen LogP contribution in [0.2, 0.25) is 0 Å². The molecular weight excluding hydrogens is 248 g/mol. The average molecular weight is 276 g/mol. The lowest BCUT2D eigenvalue weighted by atomic mass is 9.75. The molecule has 0 saturated heterocycles. The quantitative estimate of drug-likeness (QED) is 0.710. The SMILES string of the molecule is CC1(C#N)CCC(N)CC1.CC1(C#N)CCC(N)CC1. The first-order valence-electron chi connectivity index (χ1n) is 7.66. The molecule has 112 valence electrons. The van der Waals surface area contributed by atoms with Crippen molar-refractivity contribution in [2.24, 2.45) is 22.3 Å². The van der Waals surface area contributed by atoms with Gasteiger partial charge in [0.25, 0.3) is 0 Å². The third-order valence-electron chi connectivity index (χ3n) is 4.81. The zero-order valence-corrected chi connectivity index (χ0v) is 12.9. The molecule has 0 unspecified atom stereocenters. The van der Waals surface area contributed by atoms with E-state index in [1.807, 2.05) is 13.8 Å². The summed E-state index contributed by atoms with van der Waals surface area (Å²) in [6, 6.07) is 5.39. The van der Waals surface area contributed by atoms with Crippen molar-refractivity contribution in [1.29, 1.82) is 10.5 Å². The summed E-state index contributed by atoms with van der Waals surface area (Å²) in [4.78, 5) is 0. The van der Waals surface area contributed by atoms with Crippen LogP contribution in [0.1, 0.15) is 65.2 Å². The summed E-state index contributed by atoms with van der Waals surface area (Å²) in [6.07, 6.45) is 7.98. The Hall–Kier alpha value is -1.10. The zero-order valence-electron chi connectivity index (χ0n) is 12.9. The fraction of sp³-hybridized carbons (Fsp3) is 0.875. The summed E-state index contributed by atoms with van der Waals surface area (Å²) in [6.45, 7) is 4.05. The molecule has 2 aliphatic carbocycles. The van der Waals surface area contributed by atoms with Crippen LogP contribution >= 0.6 is 0 Å². The van der Waals surface area contributed by atoms with Crippen molar-refractivity contribution in [3.8, 4) is 12.1 Å². The fourth-order valence-electron chi connectivity index (χ4n) is 2.78. The van der Waals surface area contributed by atoms with Crippen LogP contribution in [0.4, 0.5) is 0 Å². The Morgan fingerprint density at radius 3 is 1.20 bits per heavy atom. The summed E-state index contributed by atoms with van der Waals surface area (Å²) in [7, 11) is 0. The lowest BCUT2D eigenvalue weighted by Crippen LogP contribution is -2.31. The van der Waals surface area contributed by atoms with Crippen LogP contribution in [0.15, 0.2) is 0 Å². The third kappa shape index (κ3) is 5.12. The van der Waals surface area contributed by atoms with Crippen LogP contribution in [-0.2, 0) is 0 Å².